The fourth-order valence-corrected chi connectivity index (χ4v) is 2.03. The maximum atomic E-state index is 10.7. The first-order valence-electron chi connectivity index (χ1n) is 3.21. The summed E-state index contributed by atoms with van der Waals surface area (Å²) in [5.41, 5.74) is 3.72. The third-order valence-electron chi connectivity index (χ3n) is 1.06. The fourth-order valence-electron chi connectivity index (χ4n) is 0.529. The molecule has 1 aromatic rings. The minimum absolute atomic E-state index is 0.160. The largest absolute Gasteiger partial charge is 0.294 e. The standard InChI is InChI=1S/C5H8N4OS2/c6-8-4(10)1-2-11-5-9-7-3-12-5/h3H,1-2,6H2,(H,8,10). The molecule has 0 spiro atoms. The van der Waals surface area contributed by atoms with Gasteiger partial charge in [0.25, 0.3) is 0 Å². The van der Waals surface area contributed by atoms with Crippen molar-refractivity contribution < 1.29 is 4.79 Å². The molecule has 1 aromatic heterocycles. The topological polar surface area (TPSA) is 80.9 Å². The van der Waals surface area contributed by atoms with Crippen molar-refractivity contribution in [2.24, 2.45) is 5.84 Å². The van der Waals surface area contributed by atoms with Gasteiger partial charge in [-0.1, -0.05) is 23.1 Å². The van der Waals surface area contributed by atoms with E-state index < -0.39 is 0 Å². The van der Waals surface area contributed by atoms with Crippen LogP contribution in [0.3, 0.4) is 0 Å². The molecule has 0 saturated carbocycles. The minimum atomic E-state index is -0.160. The normalized spacial score (nSPS) is 9.75. The Hall–Kier alpha value is -0.660. The van der Waals surface area contributed by atoms with E-state index in [2.05, 4.69) is 15.6 Å². The van der Waals surface area contributed by atoms with Crippen LogP contribution in [0.15, 0.2) is 9.85 Å². The van der Waals surface area contributed by atoms with Crippen molar-refractivity contribution in [3.05, 3.63) is 5.51 Å². The van der Waals surface area contributed by atoms with Gasteiger partial charge in [-0.15, -0.1) is 10.2 Å². The van der Waals surface area contributed by atoms with Gasteiger partial charge in [-0.25, -0.2) is 5.84 Å². The van der Waals surface area contributed by atoms with E-state index in [-0.39, 0.29) is 5.91 Å². The minimum Gasteiger partial charge on any atom is -0.294 e. The van der Waals surface area contributed by atoms with Gasteiger partial charge in [0, 0.05) is 12.2 Å². The van der Waals surface area contributed by atoms with Gasteiger partial charge in [0.2, 0.25) is 5.91 Å². The molecule has 3 N–H and O–H groups in total. The molecular weight excluding hydrogens is 196 g/mol. The average Bonchev–Trinajstić information content (AvgIpc) is 2.57. The van der Waals surface area contributed by atoms with Crippen LogP contribution in [0.2, 0.25) is 0 Å². The molecule has 0 aliphatic heterocycles. The van der Waals surface area contributed by atoms with E-state index in [0.29, 0.717) is 12.2 Å². The van der Waals surface area contributed by atoms with E-state index in [1.165, 1.54) is 23.1 Å². The van der Waals surface area contributed by atoms with E-state index in [4.69, 9.17) is 5.84 Å². The van der Waals surface area contributed by atoms with E-state index in [9.17, 15) is 4.79 Å². The van der Waals surface area contributed by atoms with Crippen molar-refractivity contribution in [3.8, 4) is 0 Å². The molecule has 1 rings (SSSR count). The molecular formula is C5H8N4OS2. The predicted octanol–water partition coefficient (Wildman–Crippen LogP) is 0.0102. The molecule has 12 heavy (non-hydrogen) atoms. The number of rotatable bonds is 4. The second kappa shape index (κ2) is 5.07. The molecule has 5 nitrogen and oxygen atoms in total. The quantitative estimate of drug-likeness (QED) is 0.312. The number of hydrogen-bond acceptors (Lipinski definition) is 6. The Morgan fingerprint density at radius 2 is 2.67 bits per heavy atom. The zero-order valence-corrected chi connectivity index (χ0v) is 7.82. The molecule has 0 aliphatic rings. The Kier molecular flexibility index (Phi) is 3.98. The highest BCUT2D eigenvalue weighted by Gasteiger charge is 2.00. The SMILES string of the molecule is NNC(=O)CCSc1nncs1. The van der Waals surface area contributed by atoms with E-state index in [1.807, 2.05) is 0 Å². The molecule has 0 fully saturated rings. The lowest BCUT2D eigenvalue weighted by Gasteiger charge is -1.95. The molecule has 0 aliphatic carbocycles. The van der Waals surface area contributed by atoms with Crippen LogP contribution in [-0.4, -0.2) is 21.9 Å². The molecule has 66 valence electrons. The lowest BCUT2D eigenvalue weighted by Crippen LogP contribution is -2.30. The zero-order chi connectivity index (χ0) is 8.81. The summed E-state index contributed by atoms with van der Waals surface area (Å²) in [6, 6.07) is 0. The van der Waals surface area contributed by atoms with Gasteiger partial charge in [0.1, 0.15) is 5.51 Å². The first-order chi connectivity index (χ1) is 5.83. The van der Waals surface area contributed by atoms with Gasteiger partial charge < -0.3 is 0 Å². The molecule has 7 heteroatoms. The lowest BCUT2D eigenvalue weighted by molar-refractivity contribution is -0.120. The number of aromatic nitrogens is 2. The van der Waals surface area contributed by atoms with Crippen LogP contribution in [0.1, 0.15) is 6.42 Å². The van der Waals surface area contributed by atoms with Crippen LogP contribution in [0.5, 0.6) is 0 Å². The second-order valence-electron chi connectivity index (χ2n) is 1.87. The molecule has 0 aromatic carbocycles. The molecule has 1 heterocycles. The molecule has 0 unspecified atom stereocenters. The number of nitrogens with two attached hydrogens (primary N) is 1. The highest BCUT2D eigenvalue weighted by molar-refractivity contribution is 8.01. The number of nitrogens with one attached hydrogen (secondary N) is 1. The molecule has 0 saturated heterocycles. The Morgan fingerprint density at radius 3 is 3.25 bits per heavy atom. The number of hydrazine groups is 1. The third-order valence-corrected chi connectivity index (χ3v) is 2.92. The Labute approximate surface area is 77.7 Å². The molecule has 0 atom stereocenters. The zero-order valence-electron chi connectivity index (χ0n) is 6.19. The van der Waals surface area contributed by atoms with Crippen LogP contribution in [0, 0.1) is 0 Å². The van der Waals surface area contributed by atoms with Crippen molar-refractivity contribution >= 4 is 29.0 Å². The first kappa shape index (κ1) is 9.43. The fraction of sp³-hybridized carbons (Fsp3) is 0.400. The Balaban J connectivity index is 2.15. The number of nitrogens with zero attached hydrogens (tertiary/aromatic N) is 2. The monoisotopic (exact) mass is 204 g/mol. The number of amides is 1. The van der Waals surface area contributed by atoms with Gasteiger partial charge in [0.05, 0.1) is 0 Å². The summed E-state index contributed by atoms with van der Waals surface area (Å²) in [4.78, 5) is 10.7. The Morgan fingerprint density at radius 1 is 1.83 bits per heavy atom. The maximum absolute atomic E-state index is 10.7. The van der Waals surface area contributed by atoms with Crippen LogP contribution in [-0.2, 0) is 4.79 Å². The van der Waals surface area contributed by atoms with Gasteiger partial charge in [0.15, 0.2) is 4.34 Å². The highest BCUT2D eigenvalue weighted by atomic mass is 32.2. The van der Waals surface area contributed by atoms with Crippen molar-refractivity contribution in [1.82, 2.24) is 15.6 Å². The Bertz CT molecular complexity index is 238. The van der Waals surface area contributed by atoms with Gasteiger partial charge in [-0.05, 0) is 0 Å². The summed E-state index contributed by atoms with van der Waals surface area (Å²) in [5.74, 6) is 5.42. The number of thioether (sulfide) groups is 1. The smallest absolute Gasteiger partial charge is 0.234 e. The number of carbonyl (C=O) groups is 1. The van der Waals surface area contributed by atoms with Crippen LogP contribution in [0.25, 0.3) is 0 Å². The average molecular weight is 204 g/mol. The van der Waals surface area contributed by atoms with E-state index >= 15 is 0 Å². The lowest BCUT2D eigenvalue weighted by atomic mass is 10.5. The summed E-state index contributed by atoms with van der Waals surface area (Å²) < 4.78 is 0.875. The highest BCUT2D eigenvalue weighted by Crippen LogP contribution is 2.19. The van der Waals surface area contributed by atoms with E-state index in [1.54, 1.807) is 5.51 Å². The summed E-state index contributed by atoms with van der Waals surface area (Å²) in [5, 5.41) is 7.47. The van der Waals surface area contributed by atoms with Crippen molar-refractivity contribution in [2.75, 3.05) is 5.75 Å². The summed E-state index contributed by atoms with van der Waals surface area (Å²) >= 11 is 2.96. The molecule has 1 amide bonds. The summed E-state index contributed by atoms with van der Waals surface area (Å²) in [6.07, 6.45) is 0.404. The van der Waals surface area contributed by atoms with Crippen molar-refractivity contribution in [3.63, 3.8) is 0 Å². The molecule has 0 bridgehead atoms. The van der Waals surface area contributed by atoms with Gasteiger partial charge in [-0.3, -0.25) is 10.2 Å². The van der Waals surface area contributed by atoms with Gasteiger partial charge in [-0.2, -0.15) is 0 Å². The van der Waals surface area contributed by atoms with Crippen molar-refractivity contribution in [1.29, 1.82) is 0 Å². The van der Waals surface area contributed by atoms with Crippen molar-refractivity contribution in [2.45, 2.75) is 10.8 Å². The van der Waals surface area contributed by atoms with Crippen LogP contribution < -0.4 is 11.3 Å². The predicted molar refractivity (Wildman–Crippen MR) is 47.6 cm³/mol. The first-order valence-corrected chi connectivity index (χ1v) is 5.08. The number of carbonyl (C=O) groups excluding carboxylic acids is 1. The van der Waals surface area contributed by atoms with Crippen LogP contribution >= 0.6 is 23.1 Å². The number of hydrogen-bond donors (Lipinski definition) is 2. The van der Waals surface area contributed by atoms with Crippen LogP contribution in [0.4, 0.5) is 0 Å². The van der Waals surface area contributed by atoms with E-state index in [0.717, 1.165) is 4.34 Å². The molecule has 0 radical (unpaired) electrons. The summed E-state index contributed by atoms with van der Waals surface area (Å²) in [6.45, 7) is 0. The maximum Gasteiger partial charge on any atom is 0.234 e. The second-order valence-corrected chi connectivity index (χ2v) is 4.05. The van der Waals surface area contributed by atoms with Gasteiger partial charge >= 0.3 is 0 Å². The summed E-state index contributed by atoms with van der Waals surface area (Å²) in [7, 11) is 0. The third kappa shape index (κ3) is 3.16.